The fourth-order valence-electron chi connectivity index (χ4n) is 0.500. The smallest absolute Gasteiger partial charge is 0.135 e. The van der Waals surface area contributed by atoms with E-state index in [0.29, 0.717) is 19.1 Å². The van der Waals surface area contributed by atoms with Gasteiger partial charge in [-0.2, -0.15) is 0 Å². The summed E-state index contributed by atoms with van der Waals surface area (Å²) >= 11 is 8.49. The van der Waals surface area contributed by atoms with Crippen molar-refractivity contribution in [2.75, 3.05) is 46.7 Å². The minimum atomic E-state index is -2.11. The van der Waals surface area contributed by atoms with Gasteiger partial charge in [-0.3, -0.25) is 0 Å². The van der Waals surface area contributed by atoms with E-state index in [9.17, 15) is 4.57 Å². The molecule has 15 heavy (non-hydrogen) atoms. The molecule has 0 aromatic carbocycles. The lowest BCUT2D eigenvalue weighted by molar-refractivity contribution is 0.217. The lowest BCUT2D eigenvalue weighted by Crippen LogP contribution is -1.92. The summed E-state index contributed by atoms with van der Waals surface area (Å²) in [4.78, 5) is 8.82. The predicted octanol–water partition coefficient (Wildman–Crippen LogP) is 2.08. The molecule has 0 amide bonds. The van der Waals surface area contributed by atoms with Crippen LogP contribution in [0.4, 0.5) is 0 Å². The highest BCUT2D eigenvalue weighted by atomic mass is 32.7. The zero-order chi connectivity index (χ0) is 12.5. The van der Waals surface area contributed by atoms with E-state index in [1.54, 1.807) is 20.4 Å². The third kappa shape index (κ3) is 25.4. The Balaban J connectivity index is 0. The zero-order valence-corrected chi connectivity index (χ0v) is 13.0. The molecule has 0 rings (SSSR count). The van der Waals surface area contributed by atoms with Gasteiger partial charge in [-0.1, -0.05) is 11.8 Å². The van der Waals surface area contributed by atoms with Crippen molar-refractivity contribution >= 4 is 36.7 Å². The maximum Gasteiger partial charge on any atom is 0.135 e. The molecule has 94 valence electrons. The second-order valence-electron chi connectivity index (χ2n) is 3.24. The topological polar surface area (TPSA) is 55.8 Å². The van der Waals surface area contributed by atoms with E-state index in [-0.39, 0.29) is 0 Å². The van der Waals surface area contributed by atoms with E-state index in [2.05, 4.69) is 28.8 Å². The number of thiol groups is 1. The minimum Gasteiger partial charge on any atom is -0.384 e. The molecule has 0 aromatic heterocycles. The van der Waals surface area contributed by atoms with Crippen LogP contribution in [-0.4, -0.2) is 51.6 Å². The van der Waals surface area contributed by atoms with Gasteiger partial charge in [0.15, 0.2) is 0 Å². The maximum absolute atomic E-state index is 10.8. The lowest BCUT2D eigenvalue weighted by atomic mass is 10.9. The molecule has 0 bridgehead atoms. The van der Waals surface area contributed by atoms with Crippen LogP contribution < -0.4 is 0 Å². The third-order valence-electron chi connectivity index (χ3n) is 1.08. The standard InChI is InChI=1S/C4H11O2PS.C3H9O2PS/c1-6-3-4-7(2,5)8;1-5-3-6(2,4)7/h3-4H2,1-2H3,(H,5,8);3H2,1-2H3,(H,4,7). The molecule has 1 N–H and O–H groups in total. The third-order valence-corrected chi connectivity index (χ3v) is 3.74. The summed E-state index contributed by atoms with van der Waals surface area (Å²) in [7, 11) is 3.12. The quantitative estimate of drug-likeness (QED) is 0.600. The number of methoxy groups -OCH3 is 2. The first-order valence-corrected chi connectivity index (χ1v) is 11.1. The Morgan fingerprint density at radius 1 is 1.33 bits per heavy atom. The van der Waals surface area contributed by atoms with Crippen molar-refractivity contribution < 1.29 is 18.9 Å². The van der Waals surface area contributed by atoms with E-state index in [1.165, 1.54) is 7.11 Å². The number of rotatable bonds is 5. The Morgan fingerprint density at radius 3 is 1.87 bits per heavy atom. The summed E-state index contributed by atoms with van der Waals surface area (Å²) in [6.07, 6.45) is -3.28. The van der Waals surface area contributed by atoms with E-state index in [4.69, 9.17) is 9.63 Å². The second kappa shape index (κ2) is 9.17. The van der Waals surface area contributed by atoms with Crippen molar-refractivity contribution in [1.29, 1.82) is 0 Å². The van der Waals surface area contributed by atoms with Gasteiger partial charge in [0.1, 0.15) is 6.34 Å². The highest BCUT2D eigenvalue weighted by Crippen LogP contribution is 2.45. The first-order chi connectivity index (χ1) is 6.62. The summed E-state index contributed by atoms with van der Waals surface area (Å²) in [6.45, 7) is 3.80. The highest BCUT2D eigenvalue weighted by Gasteiger charge is 2.05. The van der Waals surface area contributed by atoms with Gasteiger partial charge in [-0.05, 0) is 13.3 Å². The van der Waals surface area contributed by atoms with E-state index < -0.39 is 12.6 Å². The Hall–Kier alpha value is 1.11. The Morgan fingerprint density at radius 2 is 1.80 bits per heavy atom. The average molecular weight is 294 g/mol. The molecule has 2 atom stereocenters. The molecule has 0 saturated carbocycles. The fraction of sp³-hybridized carbons (Fsp3) is 1.00. The van der Waals surface area contributed by atoms with Gasteiger partial charge in [-0.25, -0.2) is 0 Å². The normalized spacial score (nSPS) is 18.3. The van der Waals surface area contributed by atoms with Gasteiger partial charge >= 0.3 is 0 Å². The summed E-state index contributed by atoms with van der Waals surface area (Å²) in [6, 6.07) is 0. The van der Waals surface area contributed by atoms with Crippen LogP contribution in [0.15, 0.2) is 0 Å². The Kier molecular flexibility index (Phi) is 11.3. The summed E-state index contributed by atoms with van der Waals surface area (Å²) in [5.74, 6) is 0. The molecule has 0 heterocycles. The number of hydrogen-bond acceptors (Lipinski definition) is 4. The molecule has 0 aliphatic rings. The first-order valence-electron chi connectivity index (χ1n) is 4.19. The minimum absolute atomic E-state index is 0.322. The zero-order valence-electron chi connectivity index (χ0n) is 9.54. The molecule has 8 heteroatoms. The van der Waals surface area contributed by atoms with Crippen molar-refractivity contribution in [3.05, 3.63) is 0 Å². The van der Waals surface area contributed by atoms with Crippen molar-refractivity contribution in [3.8, 4) is 0 Å². The van der Waals surface area contributed by atoms with Crippen molar-refractivity contribution in [2.45, 2.75) is 0 Å². The molecular weight excluding hydrogens is 274 g/mol. The van der Waals surface area contributed by atoms with Crippen LogP contribution in [-0.2, 0) is 25.8 Å². The molecular formula is C7H20O4P2S2. The molecule has 0 aliphatic carbocycles. The summed E-state index contributed by atoms with van der Waals surface area (Å²) in [5.41, 5.74) is 0. The largest absolute Gasteiger partial charge is 0.384 e. The monoisotopic (exact) mass is 294 g/mol. The van der Waals surface area contributed by atoms with Crippen LogP contribution in [0, 0.1) is 0 Å². The van der Waals surface area contributed by atoms with Crippen molar-refractivity contribution in [3.63, 3.8) is 0 Å². The SMILES string of the molecule is COCCP(C)(=O)S.COCP(C)(O)=S. The van der Waals surface area contributed by atoms with Crippen LogP contribution in [0.3, 0.4) is 0 Å². The van der Waals surface area contributed by atoms with Gasteiger partial charge < -0.3 is 18.9 Å². The summed E-state index contributed by atoms with van der Waals surface area (Å²) in [5, 5.41) is 0. The molecule has 0 fully saturated rings. The van der Waals surface area contributed by atoms with Crippen LogP contribution >= 0.6 is 24.9 Å². The van der Waals surface area contributed by atoms with Gasteiger partial charge in [0, 0.05) is 20.4 Å². The molecule has 0 aliphatic heterocycles. The Bertz CT molecular complexity index is 235. The highest BCUT2D eigenvalue weighted by molar-refractivity contribution is 8.47. The average Bonchev–Trinajstić information content (AvgIpc) is 1.98. The number of ether oxygens (including phenoxy) is 2. The van der Waals surface area contributed by atoms with Gasteiger partial charge in [0.2, 0.25) is 0 Å². The molecule has 0 aromatic rings. The molecule has 4 nitrogen and oxygen atoms in total. The predicted molar refractivity (Wildman–Crippen MR) is 73.6 cm³/mol. The first kappa shape index (κ1) is 18.5. The van der Waals surface area contributed by atoms with Crippen LogP contribution in [0.1, 0.15) is 0 Å². The Labute approximate surface area is 102 Å². The van der Waals surface area contributed by atoms with Crippen molar-refractivity contribution in [1.82, 2.24) is 0 Å². The maximum atomic E-state index is 10.8. The second-order valence-corrected chi connectivity index (χ2v) is 13.0. The fourth-order valence-corrected chi connectivity index (χ4v) is 2.06. The molecule has 2 unspecified atom stereocenters. The van der Waals surface area contributed by atoms with Gasteiger partial charge in [0.05, 0.1) is 19.2 Å². The molecule has 0 saturated heterocycles. The van der Waals surface area contributed by atoms with Crippen molar-refractivity contribution in [2.24, 2.45) is 0 Å². The van der Waals surface area contributed by atoms with Gasteiger partial charge in [0.25, 0.3) is 0 Å². The van der Waals surface area contributed by atoms with E-state index in [1.807, 2.05) is 0 Å². The van der Waals surface area contributed by atoms with Crippen LogP contribution in [0.5, 0.6) is 0 Å². The van der Waals surface area contributed by atoms with E-state index in [0.717, 1.165) is 0 Å². The van der Waals surface area contributed by atoms with Gasteiger partial charge in [-0.15, -0.1) is 12.2 Å². The van der Waals surface area contributed by atoms with Crippen LogP contribution in [0.25, 0.3) is 0 Å². The van der Waals surface area contributed by atoms with E-state index >= 15 is 0 Å². The number of hydrogen-bond donors (Lipinski definition) is 2. The lowest BCUT2D eigenvalue weighted by Gasteiger charge is -2.04. The molecule has 0 spiro atoms. The van der Waals surface area contributed by atoms with Crippen LogP contribution in [0.2, 0.25) is 0 Å². The molecule has 0 radical (unpaired) electrons. The summed E-state index contributed by atoms with van der Waals surface area (Å²) < 4.78 is 20.1.